The quantitative estimate of drug-likeness (QED) is 0.00838. The molecule has 678 valence electrons. The minimum absolute atomic E-state index is 0.00610. The third-order valence-corrected chi connectivity index (χ3v) is 21.3. The number of fused-ring (bicyclic) bond motifs is 6. The van der Waals surface area contributed by atoms with Crippen LogP contribution in [0.15, 0.2) is 75.3 Å². The summed E-state index contributed by atoms with van der Waals surface area (Å²) in [5.74, 6) is -9.67. The Morgan fingerprint density at radius 3 is 2.15 bits per heavy atom. The van der Waals surface area contributed by atoms with Crippen LogP contribution < -0.4 is 58.6 Å². The van der Waals surface area contributed by atoms with E-state index in [2.05, 4.69) is 52.6 Å². The number of likely N-dealkylation sites (N-methyl/N-ethyl adjacent to an activating group) is 2. The maximum Gasteiger partial charge on any atom is 0.415 e. The highest BCUT2D eigenvalue weighted by Gasteiger charge is 2.44. The molecule has 4 aliphatic rings. The summed E-state index contributed by atoms with van der Waals surface area (Å²) in [5.41, 5.74) is 14.8. The molecule has 1 saturated heterocycles. The lowest BCUT2D eigenvalue weighted by molar-refractivity contribution is -0.169. The number of aromatic nitrogens is 3. The fourth-order valence-corrected chi connectivity index (χ4v) is 14.4. The van der Waals surface area contributed by atoms with Crippen molar-refractivity contribution in [3.05, 3.63) is 121 Å². The number of allylic oxidation sites excluding steroid dienone is 2. The largest absolute Gasteiger partial charge is 0.508 e. The number of ether oxygens (including phenoxy) is 7. The molecule has 43 heteroatoms. The first-order valence-corrected chi connectivity index (χ1v) is 40.9. The number of phenols is 1. The number of ketones is 3. The number of aliphatic imine (C=N–C) groups is 1. The molecule has 0 spiro atoms. The number of cyclic esters (lactones) is 1. The smallest absolute Gasteiger partial charge is 0.415 e. The van der Waals surface area contributed by atoms with Crippen LogP contribution in [0.25, 0.3) is 22.3 Å². The van der Waals surface area contributed by atoms with Gasteiger partial charge in [-0.05, 0) is 113 Å². The number of nitrogens with two attached hydrogens (primary N) is 1. The average Bonchev–Trinajstić information content (AvgIpc) is 1.56. The van der Waals surface area contributed by atoms with Crippen LogP contribution in [0.3, 0.4) is 0 Å². The van der Waals surface area contributed by atoms with Crippen LogP contribution in [0.5, 0.6) is 11.5 Å². The fourth-order valence-electron chi connectivity index (χ4n) is 14.4. The highest BCUT2D eigenvalue weighted by molar-refractivity contribution is 6.24. The standard InChI is InChI=1S/C83H106N18O25/c1-7-52-53-35-51(22-23-58(53)93-71-54(52)41-101-63(71)36-57-56(78(101)115)44-124-79(116)83(57,3)119)126-82(118)99(5)28-27-98(4)81(117)125-43-55-46(2)100(72-64(104)38-65(120-6)73(110)70(55)72)42-68(107)89-26-29-121-30-31-122-32-33-123-45-87-39-48(97-86)18-21-49(102)12-10-15-66(105)88-24-9-8-13-60-75(112)94-59(14-11-25-90-80(84)85)74(111)91-40-67(106)92-62(37-69(108)109)77(114)96-61(76(113)95-60)34-47-16-19-50(103)20-17-47/h16-17,19-20,22-23,35-36,38,45,48,59-62,86,103,119H,7-15,18,21,24-34,37,39-44H2,1-6H3,(H,88,105)(H,89,107)(H,91,111)(H,92,106)(H,94,112)(H,95,113)(H,96,114)(H,108,109)(H4,84,85,90). The molecule has 0 bridgehead atoms. The van der Waals surface area contributed by atoms with E-state index in [0.717, 1.165) is 17.2 Å². The molecule has 6 atom stereocenters. The molecule has 6 heterocycles. The third-order valence-electron chi connectivity index (χ3n) is 21.3. The molecule has 43 nitrogen and oxygen atoms in total. The van der Waals surface area contributed by atoms with E-state index in [9.17, 15) is 87.2 Å². The third kappa shape index (κ3) is 26.0. The number of hydrogen-bond donors (Lipinski definition) is 14. The lowest BCUT2D eigenvalue weighted by Gasteiger charge is -2.29. The van der Waals surface area contributed by atoms with Gasteiger partial charge in [-0.2, -0.15) is 5.11 Å². The van der Waals surface area contributed by atoms with Crippen molar-refractivity contribution in [3.63, 3.8) is 0 Å². The van der Waals surface area contributed by atoms with Gasteiger partial charge in [0.05, 0.1) is 93.7 Å². The number of nitrogens with zero attached hydrogens (tertiary/aromatic N) is 7. The number of amides is 9. The molecule has 15 N–H and O–H groups in total. The molecule has 5 aromatic rings. The Balaban J connectivity index is 0.635. The van der Waals surface area contributed by atoms with Crippen molar-refractivity contribution in [2.75, 3.05) is 100 Å². The number of aromatic hydroxyl groups is 1. The highest BCUT2D eigenvalue weighted by atomic mass is 16.6. The van der Waals surface area contributed by atoms with Gasteiger partial charge in [-0.25, -0.2) is 24.9 Å². The normalized spacial score (nSPS) is 17.8. The number of aliphatic hydroxyl groups is 1. The van der Waals surface area contributed by atoms with E-state index >= 15 is 0 Å². The molecule has 0 saturated carbocycles. The number of carboxylic acids is 1. The molecule has 2 aromatic carbocycles. The molecule has 9 rings (SSSR count). The summed E-state index contributed by atoms with van der Waals surface area (Å²) >= 11 is 0. The van der Waals surface area contributed by atoms with Gasteiger partial charge in [0.2, 0.25) is 52.9 Å². The number of unbranched alkanes of at least 4 members (excludes halogenated alkanes) is 1. The Labute approximate surface area is 722 Å². The van der Waals surface area contributed by atoms with E-state index < -0.39 is 139 Å². The highest BCUT2D eigenvalue weighted by Crippen LogP contribution is 2.40. The van der Waals surface area contributed by atoms with Gasteiger partial charge in [0, 0.05) is 106 Å². The number of aliphatic carboxylic acids is 1. The molecule has 0 radical (unpaired) electrons. The van der Waals surface area contributed by atoms with Gasteiger partial charge in [0.25, 0.3) is 5.56 Å². The van der Waals surface area contributed by atoms with Crippen LogP contribution in [0.2, 0.25) is 0 Å². The molecule has 126 heavy (non-hydrogen) atoms. The number of carbonyl (C=O) groups excluding carboxylic acids is 13. The number of hydrogen-bond acceptors (Lipinski definition) is 29. The predicted molar refractivity (Wildman–Crippen MR) is 445 cm³/mol. The van der Waals surface area contributed by atoms with Gasteiger partial charge in [-0.1, -0.05) is 19.1 Å². The number of pyridine rings is 2. The van der Waals surface area contributed by atoms with E-state index in [4.69, 9.17) is 54.8 Å². The molecule has 1 fully saturated rings. The first kappa shape index (κ1) is 96.2. The second-order valence-corrected chi connectivity index (χ2v) is 30.4. The van der Waals surface area contributed by atoms with Crippen molar-refractivity contribution in [2.24, 2.45) is 15.8 Å². The van der Waals surface area contributed by atoms with Crippen molar-refractivity contribution in [2.45, 2.75) is 166 Å². The van der Waals surface area contributed by atoms with Crippen molar-refractivity contribution in [3.8, 4) is 22.9 Å². The fraction of sp³-hybridized carbons (Fsp3) is 0.494. The minimum Gasteiger partial charge on any atom is -0.508 e. The summed E-state index contributed by atoms with van der Waals surface area (Å²) in [4.78, 5) is 211. The van der Waals surface area contributed by atoms with Gasteiger partial charge in [0.15, 0.2) is 23.7 Å². The van der Waals surface area contributed by atoms with Crippen molar-refractivity contribution >= 4 is 106 Å². The van der Waals surface area contributed by atoms with Crippen molar-refractivity contribution in [1.82, 2.24) is 66.5 Å². The molecule has 9 amide bonds. The summed E-state index contributed by atoms with van der Waals surface area (Å²) < 4.78 is 41.2. The van der Waals surface area contributed by atoms with Gasteiger partial charge in [0.1, 0.15) is 73.5 Å². The second-order valence-electron chi connectivity index (χ2n) is 30.4. The zero-order valence-corrected chi connectivity index (χ0v) is 70.7. The number of methoxy groups -OCH3 is 1. The molecule has 3 aromatic heterocycles. The second kappa shape index (κ2) is 45.7. The topological polar surface area (TPSA) is 605 Å². The summed E-state index contributed by atoms with van der Waals surface area (Å²) in [6.45, 7) is 4.10. The summed E-state index contributed by atoms with van der Waals surface area (Å²) in [6, 6.07) is 5.77. The number of benzene rings is 2. The van der Waals surface area contributed by atoms with Crippen LogP contribution in [-0.4, -0.2) is 265 Å². The Bertz CT molecular complexity index is 5080. The number of aryl methyl sites for hydroxylation is 1. The zero-order chi connectivity index (χ0) is 91.5. The Morgan fingerprint density at radius 2 is 1.44 bits per heavy atom. The van der Waals surface area contributed by atoms with Crippen LogP contribution in [0.4, 0.5) is 9.59 Å². The molecular weight excluding hydrogens is 1650 g/mol. The first-order valence-electron chi connectivity index (χ1n) is 40.9. The van der Waals surface area contributed by atoms with Crippen molar-refractivity contribution < 1.29 is 116 Å². The van der Waals surface area contributed by atoms with Crippen LogP contribution in [-0.2, 0) is 121 Å². The first-order chi connectivity index (χ1) is 60.2. The van der Waals surface area contributed by atoms with Gasteiger partial charge in [-0.15, -0.1) is 0 Å². The Morgan fingerprint density at radius 1 is 0.778 bits per heavy atom. The number of nitrogens with one attached hydrogen (secondary N) is 10. The monoisotopic (exact) mass is 1750 g/mol. The predicted octanol–water partition coefficient (Wildman–Crippen LogP) is 1.13. The summed E-state index contributed by atoms with van der Waals surface area (Å²) in [7, 11) is 4.14. The number of carboxylic acid groups (broad SMARTS) is 1. The summed E-state index contributed by atoms with van der Waals surface area (Å²) in [5, 5.41) is 62.7. The number of esters is 1. The van der Waals surface area contributed by atoms with E-state index in [0.29, 0.717) is 46.4 Å². The maximum atomic E-state index is 14.1. The lowest BCUT2D eigenvalue weighted by Crippen LogP contribution is -2.58. The van der Waals surface area contributed by atoms with Gasteiger partial charge >= 0.3 is 24.1 Å². The molecule has 6 unspecified atom stereocenters. The van der Waals surface area contributed by atoms with E-state index in [1.807, 2.05) is 6.92 Å². The Kier molecular flexibility index (Phi) is 34.9. The van der Waals surface area contributed by atoms with E-state index in [1.54, 1.807) is 35.8 Å². The molecule has 3 aliphatic heterocycles. The van der Waals surface area contributed by atoms with E-state index in [-0.39, 0.29) is 213 Å². The average molecular weight is 1760 g/mol. The molecular formula is C83H106N18O25. The lowest BCUT2D eigenvalue weighted by atomic mass is 9.89. The van der Waals surface area contributed by atoms with Crippen LogP contribution in [0.1, 0.15) is 144 Å². The number of rotatable bonds is 43. The number of carbonyl (C=O) groups is 14. The SMILES string of the molecule is CCc1c2c(nc3ccc(OC(=O)N(C)CCN(C)C(=O)OCc4c5c(n(CC(=O)NCCOCCOCCOC=NCC(CCC(=O)CCCC(=O)NCCCCC6NC(=O)C(Cc7ccc(O)cc7)NC(=O)C(CC(=O)O)NC(=O)CNC(=O)C(CCCNC(=N)N)NC6=O)N=N)c4C)C(=O)C=C(OC)C5=O)cc13)-c1cc3c(c(=O)n1C2)COC(=O)C3(C)O. The zero-order valence-electron chi connectivity index (χ0n) is 70.7. The van der Waals surface area contributed by atoms with E-state index in [1.165, 1.54) is 73.2 Å². The minimum atomic E-state index is -2.03. The van der Waals surface area contributed by atoms with Crippen LogP contribution in [0, 0.1) is 17.9 Å². The number of guanidine groups is 1. The number of Topliss-reactive ketones (excluding diaryl/α,β-unsaturated/α-hetero) is 2. The van der Waals surface area contributed by atoms with Gasteiger partial charge < -0.3 is 116 Å². The Hall–Kier alpha value is -13.6. The number of phenolic OH excluding ortho intramolecular Hbond substituents is 1. The molecule has 1 aliphatic carbocycles. The summed E-state index contributed by atoms with van der Waals surface area (Å²) in [6.07, 6.45) is 1.25. The maximum absolute atomic E-state index is 14.1. The van der Waals surface area contributed by atoms with Crippen LogP contribution >= 0.6 is 0 Å². The van der Waals surface area contributed by atoms with Gasteiger partial charge in [-0.3, -0.25) is 67.9 Å². The van der Waals surface area contributed by atoms with Crippen molar-refractivity contribution in [1.29, 1.82) is 10.9 Å².